The monoisotopic (exact) mass is 254 g/mol. The summed E-state index contributed by atoms with van der Waals surface area (Å²) in [5.41, 5.74) is 0.583. The first-order valence-electron chi connectivity index (χ1n) is 7.27. The van der Waals surface area contributed by atoms with Gasteiger partial charge in [0.15, 0.2) is 0 Å². The third-order valence-corrected chi connectivity index (χ3v) is 3.11. The molecule has 0 spiro atoms. The van der Waals surface area contributed by atoms with Crippen molar-refractivity contribution in [1.29, 1.82) is 0 Å². The molecule has 1 N–H and O–H groups in total. The molecule has 0 rings (SSSR count). The van der Waals surface area contributed by atoms with E-state index < -0.39 is 0 Å². The van der Waals surface area contributed by atoms with Crippen molar-refractivity contribution in [3.05, 3.63) is 12.2 Å². The summed E-state index contributed by atoms with van der Waals surface area (Å²) in [6, 6.07) is 0. The lowest BCUT2D eigenvalue weighted by molar-refractivity contribution is -0.119. The minimum Gasteiger partial charge on any atom is -0.337 e. The highest BCUT2D eigenvalue weighted by Gasteiger charge is 2.17. The molecule has 1 amide bonds. The van der Waals surface area contributed by atoms with Gasteiger partial charge in [-0.2, -0.15) is 0 Å². The van der Waals surface area contributed by atoms with Crippen LogP contribution in [0.1, 0.15) is 59.8 Å². The van der Waals surface area contributed by atoms with Crippen molar-refractivity contribution in [2.24, 2.45) is 0 Å². The Balaban J connectivity index is 4.47. The Hall–Kier alpha value is -0.830. The maximum atomic E-state index is 11.7. The van der Waals surface area contributed by atoms with Gasteiger partial charge in [0.25, 0.3) is 0 Å². The highest BCUT2D eigenvalue weighted by molar-refractivity contribution is 5.92. The predicted octanol–water partition coefficient (Wildman–Crippen LogP) is 3.32. The molecule has 1 atom stereocenters. The van der Waals surface area contributed by atoms with Crippen LogP contribution >= 0.6 is 0 Å². The van der Waals surface area contributed by atoms with Gasteiger partial charge in [0.2, 0.25) is 5.91 Å². The quantitative estimate of drug-likeness (QED) is 0.479. The zero-order valence-electron chi connectivity index (χ0n) is 12.6. The van der Waals surface area contributed by atoms with Gasteiger partial charge in [-0.15, -0.1) is 0 Å². The lowest BCUT2D eigenvalue weighted by Gasteiger charge is -2.31. The second kappa shape index (κ2) is 10.1. The van der Waals surface area contributed by atoms with Gasteiger partial charge in [-0.1, -0.05) is 40.2 Å². The van der Waals surface area contributed by atoms with Crippen LogP contribution < -0.4 is 5.32 Å². The van der Waals surface area contributed by atoms with Crippen LogP contribution in [0.15, 0.2) is 12.2 Å². The number of carbonyl (C=O) groups is 1. The van der Waals surface area contributed by atoms with Crippen molar-refractivity contribution >= 4 is 5.91 Å². The maximum Gasteiger partial charge on any atom is 0.247 e. The number of hydrogen-bond acceptors (Lipinski definition) is 2. The molecule has 1 unspecified atom stereocenters. The fourth-order valence-corrected chi connectivity index (χ4v) is 1.87. The molecule has 0 aromatic carbocycles. The van der Waals surface area contributed by atoms with E-state index in [9.17, 15) is 4.79 Å². The molecule has 0 fully saturated rings. The van der Waals surface area contributed by atoms with Crippen molar-refractivity contribution in [3.8, 4) is 0 Å². The molecule has 0 heterocycles. The number of unbranched alkanes of at least 4 members (excludes halogenated alkanes) is 2. The summed E-state index contributed by atoms with van der Waals surface area (Å²) in [6.07, 6.45) is 5.83. The Morgan fingerprint density at radius 1 is 1.17 bits per heavy atom. The van der Waals surface area contributed by atoms with Gasteiger partial charge in [-0.05, 0) is 26.2 Å². The van der Waals surface area contributed by atoms with Crippen molar-refractivity contribution in [1.82, 2.24) is 10.2 Å². The standard InChI is InChI=1S/C15H30N2O/c1-6-9-11-17(12-10-7-2)14(8-3)16-15(18)13(4)5/h14H,4,6-12H2,1-3,5H3,(H,16,18). The van der Waals surface area contributed by atoms with Crippen LogP contribution in [0.4, 0.5) is 0 Å². The summed E-state index contributed by atoms with van der Waals surface area (Å²) >= 11 is 0. The molecule has 0 bridgehead atoms. The van der Waals surface area contributed by atoms with E-state index in [2.05, 4.69) is 37.6 Å². The number of nitrogens with one attached hydrogen (secondary N) is 1. The Kier molecular flexibility index (Phi) is 9.66. The summed E-state index contributed by atoms with van der Waals surface area (Å²) in [7, 11) is 0. The molecule has 3 heteroatoms. The van der Waals surface area contributed by atoms with Crippen LogP contribution in [0, 0.1) is 0 Å². The highest BCUT2D eigenvalue weighted by atomic mass is 16.1. The molecule has 0 saturated carbocycles. The second-order valence-electron chi connectivity index (χ2n) is 4.92. The Morgan fingerprint density at radius 2 is 1.67 bits per heavy atom. The molecule has 106 valence electrons. The predicted molar refractivity (Wildman–Crippen MR) is 78.4 cm³/mol. The molecule has 0 saturated heterocycles. The van der Waals surface area contributed by atoms with Gasteiger partial charge >= 0.3 is 0 Å². The third kappa shape index (κ3) is 6.80. The van der Waals surface area contributed by atoms with Crippen LogP contribution in [0.25, 0.3) is 0 Å². The summed E-state index contributed by atoms with van der Waals surface area (Å²) < 4.78 is 0. The van der Waals surface area contributed by atoms with Gasteiger partial charge in [-0.25, -0.2) is 0 Å². The number of nitrogens with zero attached hydrogens (tertiary/aromatic N) is 1. The minimum atomic E-state index is -0.0279. The number of rotatable bonds is 10. The molecule has 18 heavy (non-hydrogen) atoms. The van der Waals surface area contributed by atoms with Gasteiger partial charge in [0.05, 0.1) is 6.17 Å². The Labute approximate surface area is 113 Å². The SMILES string of the molecule is C=C(C)C(=O)NC(CC)N(CCCC)CCCC. The lowest BCUT2D eigenvalue weighted by Crippen LogP contribution is -2.48. The van der Waals surface area contributed by atoms with Crippen LogP contribution in [-0.4, -0.2) is 30.1 Å². The number of hydrogen-bond donors (Lipinski definition) is 1. The van der Waals surface area contributed by atoms with Gasteiger partial charge in [0, 0.05) is 18.7 Å². The van der Waals surface area contributed by atoms with E-state index in [1.807, 2.05) is 0 Å². The summed E-state index contributed by atoms with van der Waals surface area (Å²) in [6.45, 7) is 14.1. The molecular formula is C15H30N2O. The highest BCUT2D eigenvalue weighted by Crippen LogP contribution is 2.07. The fourth-order valence-electron chi connectivity index (χ4n) is 1.87. The first-order valence-corrected chi connectivity index (χ1v) is 7.27. The van der Waals surface area contributed by atoms with Crippen molar-refractivity contribution in [3.63, 3.8) is 0 Å². The lowest BCUT2D eigenvalue weighted by atomic mass is 10.2. The van der Waals surface area contributed by atoms with E-state index >= 15 is 0 Å². The number of carbonyl (C=O) groups excluding carboxylic acids is 1. The number of amides is 1. The second-order valence-corrected chi connectivity index (χ2v) is 4.92. The van der Waals surface area contributed by atoms with Crippen LogP contribution in [0.5, 0.6) is 0 Å². The first kappa shape index (κ1) is 17.2. The maximum absolute atomic E-state index is 11.7. The molecule has 0 aromatic rings. The molecular weight excluding hydrogens is 224 g/mol. The average molecular weight is 254 g/mol. The average Bonchev–Trinajstić information content (AvgIpc) is 2.36. The molecule has 0 aliphatic carbocycles. The molecule has 3 nitrogen and oxygen atoms in total. The van der Waals surface area contributed by atoms with E-state index in [1.165, 1.54) is 25.7 Å². The molecule has 0 radical (unpaired) electrons. The molecule has 0 aliphatic rings. The smallest absolute Gasteiger partial charge is 0.247 e. The van der Waals surface area contributed by atoms with Gasteiger partial charge < -0.3 is 5.32 Å². The van der Waals surface area contributed by atoms with E-state index in [0.717, 1.165) is 19.5 Å². The van der Waals surface area contributed by atoms with Crippen molar-refractivity contribution in [2.45, 2.75) is 66.0 Å². The normalized spacial score (nSPS) is 12.5. The summed E-state index contributed by atoms with van der Waals surface area (Å²) in [5, 5.41) is 3.07. The van der Waals surface area contributed by atoms with Crippen LogP contribution in [0.2, 0.25) is 0 Å². The van der Waals surface area contributed by atoms with Crippen molar-refractivity contribution in [2.75, 3.05) is 13.1 Å². The van der Waals surface area contributed by atoms with E-state index in [-0.39, 0.29) is 12.1 Å². The fraction of sp³-hybridized carbons (Fsp3) is 0.800. The van der Waals surface area contributed by atoms with E-state index in [4.69, 9.17) is 0 Å². The third-order valence-electron chi connectivity index (χ3n) is 3.11. The zero-order chi connectivity index (χ0) is 14.0. The first-order chi connectivity index (χ1) is 8.56. The Morgan fingerprint density at radius 3 is 2.00 bits per heavy atom. The Bertz CT molecular complexity index is 243. The van der Waals surface area contributed by atoms with Crippen LogP contribution in [0.3, 0.4) is 0 Å². The van der Waals surface area contributed by atoms with Gasteiger partial charge in [-0.3, -0.25) is 9.69 Å². The summed E-state index contributed by atoms with van der Waals surface area (Å²) in [4.78, 5) is 14.1. The molecule has 0 aromatic heterocycles. The van der Waals surface area contributed by atoms with Crippen LogP contribution in [-0.2, 0) is 4.79 Å². The minimum absolute atomic E-state index is 0.0279. The van der Waals surface area contributed by atoms with E-state index in [0.29, 0.717) is 5.57 Å². The van der Waals surface area contributed by atoms with E-state index in [1.54, 1.807) is 6.92 Å². The zero-order valence-corrected chi connectivity index (χ0v) is 12.6. The molecule has 0 aliphatic heterocycles. The summed E-state index contributed by atoms with van der Waals surface area (Å²) in [5.74, 6) is -0.0279. The largest absolute Gasteiger partial charge is 0.337 e. The van der Waals surface area contributed by atoms with Gasteiger partial charge in [0.1, 0.15) is 0 Å². The topological polar surface area (TPSA) is 32.3 Å². The van der Waals surface area contributed by atoms with Crippen molar-refractivity contribution < 1.29 is 4.79 Å².